The van der Waals surface area contributed by atoms with E-state index in [1.807, 2.05) is 32.9 Å². The molecule has 1 unspecified atom stereocenters. The van der Waals surface area contributed by atoms with Gasteiger partial charge in [-0.15, -0.1) is 0 Å². The first-order chi connectivity index (χ1) is 11.9. The van der Waals surface area contributed by atoms with E-state index in [4.69, 9.17) is 0 Å². The van der Waals surface area contributed by atoms with Crippen molar-refractivity contribution in [3.63, 3.8) is 0 Å². The molecule has 2 aromatic rings. The van der Waals surface area contributed by atoms with Crippen LogP contribution in [0.1, 0.15) is 35.3 Å². The average molecular weight is 340 g/mol. The number of rotatable bonds is 6. The topological polar surface area (TPSA) is 78.4 Å². The quantitative estimate of drug-likeness (QED) is 0.756. The molecular formula is C20H24N2O3. The number of anilines is 1. The van der Waals surface area contributed by atoms with Gasteiger partial charge < -0.3 is 15.7 Å². The van der Waals surface area contributed by atoms with Crippen LogP contribution in [-0.4, -0.2) is 23.0 Å². The van der Waals surface area contributed by atoms with Crippen molar-refractivity contribution < 1.29 is 14.7 Å². The van der Waals surface area contributed by atoms with Gasteiger partial charge in [0, 0.05) is 11.3 Å². The van der Waals surface area contributed by atoms with Crippen LogP contribution in [0, 0.1) is 12.8 Å². The van der Waals surface area contributed by atoms with Gasteiger partial charge in [0.15, 0.2) is 0 Å². The van der Waals surface area contributed by atoms with Crippen LogP contribution in [0.25, 0.3) is 0 Å². The van der Waals surface area contributed by atoms with E-state index in [9.17, 15) is 14.7 Å². The molecule has 0 aliphatic carbocycles. The van der Waals surface area contributed by atoms with Crippen molar-refractivity contribution in [1.82, 2.24) is 5.32 Å². The standard InChI is InChI=1S/C20H24N2O3/c1-13(2)18(22-19(24)16-9-7-14(3)8-10-16)20(25)21-17-6-4-5-15(11-17)12-23/h4-11,13,18,23H,12H2,1-3H3,(H,21,25)(H,22,24). The Morgan fingerprint density at radius 1 is 1.08 bits per heavy atom. The Kier molecular flexibility index (Phi) is 6.31. The zero-order chi connectivity index (χ0) is 18.4. The van der Waals surface area contributed by atoms with Gasteiger partial charge in [-0.05, 0) is 42.7 Å². The van der Waals surface area contributed by atoms with Crippen LogP contribution >= 0.6 is 0 Å². The molecule has 0 saturated carbocycles. The zero-order valence-electron chi connectivity index (χ0n) is 14.7. The Balaban J connectivity index is 2.09. The Bertz CT molecular complexity index is 739. The fourth-order valence-corrected chi connectivity index (χ4v) is 2.43. The van der Waals surface area contributed by atoms with Crippen molar-refractivity contribution in [1.29, 1.82) is 0 Å². The van der Waals surface area contributed by atoms with E-state index in [-0.39, 0.29) is 24.3 Å². The van der Waals surface area contributed by atoms with Crippen molar-refractivity contribution in [2.75, 3.05) is 5.32 Å². The molecule has 0 heterocycles. The van der Waals surface area contributed by atoms with Crippen LogP contribution in [-0.2, 0) is 11.4 Å². The molecule has 0 bridgehead atoms. The first-order valence-electron chi connectivity index (χ1n) is 8.29. The molecular weight excluding hydrogens is 316 g/mol. The van der Waals surface area contributed by atoms with Gasteiger partial charge in [0.05, 0.1) is 6.61 Å². The van der Waals surface area contributed by atoms with E-state index in [1.165, 1.54) is 0 Å². The Morgan fingerprint density at radius 2 is 1.76 bits per heavy atom. The van der Waals surface area contributed by atoms with Gasteiger partial charge in [-0.1, -0.05) is 43.7 Å². The first kappa shape index (κ1) is 18.7. The molecule has 0 aliphatic rings. The summed E-state index contributed by atoms with van der Waals surface area (Å²) in [5.41, 5.74) is 2.89. The number of carbonyl (C=O) groups excluding carboxylic acids is 2. The van der Waals surface area contributed by atoms with Gasteiger partial charge in [-0.25, -0.2) is 0 Å². The molecule has 0 fully saturated rings. The molecule has 0 radical (unpaired) electrons. The summed E-state index contributed by atoms with van der Waals surface area (Å²) in [5.74, 6) is -0.640. The van der Waals surface area contributed by atoms with E-state index in [0.717, 1.165) is 5.56 Å². The van der Waals surface area contributed by atoms with Crippen LogP contribution in [0.5, 0.6) is 0 Å². The summed E-state index contributed by atoms with van der Waals surface area (Å²) >= 11 is 0. The highest BCUT2D eigenvalue weighted by molar-refractivity contribution is 6.01. The third kappa shape index (κ3) is 5.16. The van der Waals surface area contributed by atoms with Crippen LogP contribution in [0.15, 0.2) is 48.5 Å². The Morgan fingerprint density at radius 3 is 2.36 bits per heavy atom. The molecule has 1 atom stereocenters. The van der Waals surface area contributed by atoms with Crippen molar-refractivity contribution in [2.24, 2.45) is 5.92 Å². The number of hydrogen-bond donors (Lipinski definition) is 3. The molecule has 3 N–H and O–H groups in total. The molecule has 5 nitrogen and oxygen atoms in total. The molecule has 132 valence electrons. The molecule has 0 aromatic heterocycles. The lowest BCUT2D eigenvalue weighted by Gasteiger charge is -2.22. The van der Waals surface area contributed by atoms with Crippen LogP contribution in [0.2, 0.25) is 0 Å². The lowest BCUT2D eigenvalue weighted by molar-refractivity contribution is -0.118. The number of aliphatic hydroxyl groups is 1. The largest absolute Gasteiger partial charge is 0.392 e. The van der Waals surface area contributed by atoms with Gasteiger partial charge in [0.1, 0.15) is 6.04 Å². The number of hydrogen-bond acceptors (Lipinski definition) is 3. The molecule has 0 spiro atoms. The number of amides is 2. The fraction of sp³-hybridized carbons (Fsp3) is 0.300. The fourth-order valence-electron chi connectivity index (χ4n) is 2.43. The molecule has 25 heavy (non-hydrogen) atoms. The lowest BCUT2D eigenvalue weighted by atomic mass is 10.0. The van der Waals surface area contributed by atoms with Crippen molar-refractivity contribution in [3.8, 4) is 0 Å². The van der Waals surface area contributed by atoms with Crippen LogP contribution in [0.4, 0.5) is 5.69 Å². The highest BCUT2D eigenvalue weighted by Crippen LogP contribution is 2.13. The lowest BCUT2D eigenvalue weighted by Crippen LogP contribution is -2.47. The maximum atomic E-state index is 12.6. The summed E-state index contributed by atoms with van der Waals surface area (Å²) in [5, 5.41) is 14.8. The zero-order valence-corrected chi connectivity index (χ0v) is 14.7. The third-order valence-corrected chi connectivity index (χ3v) is 3.93. The second-order valence-electron chi connectivity index (χ2n) is 6.41. The molecule has 2 amide bonds. The van der Waals surface area contributed by atoms with Gasteiger partial charge in [0.25, 0.3) is 5.91 Å². The first-order valence-corrected chi connectivity index (χ1v) is 8.29. The number of benzene rings is 2. The van der Waals surface area contributed by atoms with Crippen LogP contribution < -0.4 is 10.6 Å². The number of aryl methyl sites for hydroxylation is 1. The Labute approximate surface area is 148 Å². The molecule has 2 rings (SSSR count). The maximum absolute atomic E-state index is 12.6. The molecule has 0 aliphatic heterocycles. The van der Waals surface area contributed by atoms with E-state index in [2.05, 4.69) is 10.6 Å². The summed E-state index contributed by atoms with van der Waals surface area (Å²) in [6.07, 6.45) is 0. The van der Waals surface area contributed by atoms with Crippen molar-refractivity contribution in [2.45, 2.75) is 33.4 Å². The van der Waals surface area contributed by atoms with Gasteiger partial charge in [0.2, 0.25) is 5.91 Å². The van der Waals surface area contributed by atoms with Gasteiger partial charge >= 0.3 is 0 Å². The number of nitrogens with one attached hydrogen (secondary N) is 2. The number of carbonyl (C=O) groups is 2. The smallest absolute Gasteiger partial charge is 0.251 e. The van der Waals surface area contributed by atoms with Gasteiger partial charge in [-0.2, -0.15) is 0 Å². The highest BCUT2D eigenvalue weighted by atomic mass is 16.3. The minimum absolute atomic E-state index is 0.0737. The average Bonchev–Trinajstić information content (AvgIpc) is 2.59. The summed E-state index contributed by atoms with van der Waals surface area (Å²) in [6, 6.07) is 13.5. The van der Waals surface area contributed by atoms with E-state index < -0.39 is 6.04 Å². The molecule has 5 heteroatoms. The third-order valence-electron chi connectivity index (χ3n) is 3.93. The predicted molar refractivity (Wildman–Crippen MR) is 98.3 cm³/mol. The highest BCUT2D eigenvalue weighted by Gasteiger charge is 2.24. The van der Waals surface area contributed by atoms with Crippen molar-refractivity contribution in [3.05, 3.63) is 65.2 Å². The Hall–Kier alpha value is -2.66. The monoisotopic (exact) mass is 340 g/mol. The van der Waals surface area contributed by atoms with Gasteiger partial charge in [-0.3, -0.25) is 9.59 Å². The van der Waals surface area contributed by atoms with E-state index in [0.29, 0.717) is 16.8 Å². The summed E-state index contributed by atoms with van der Waals surface area (Å²) in [7, 11) is 0. The number of aliphatic hydroxyl groups excluding tert-OH is 1. The molecule has 0 saturated heterocycles. The molecule has 2 aromatic carbocycles. The van der Waals surface area contributed by atoms with E-state index >= 15 is 0 Å². The maximum Gasteiger partial charge on any atom is 0.251 e. The summed E-state index contributed by atoms with van der Waals surface area (Å²) in [4.78, 5) is 25.0. The SMILES string of the molecule is Cc1ccc(C(=O)NC(C(=O)Nc2cccc(CO)c2)C(C)C)cc1. The predicted octanol–water partition coefficient (Wildman–Crippen LogP) is 2.88. The minimum atomic E-state index is -0.661. The minimum Gasteiger partial charge on any atom is -0.392 e. The summed E-state index contributed by atoms with van der Waals surface area (Å²) < 4.78 is 0. The summed E-state index contributed by atoms with van der Waals surface area (Å²) in [6.45, 7) is 5.61. The normalized spacial score (nSPS) is 11.9. The van der Waals surface area contributed by atoms with E-state index in [1.54, 1.807) is 36.4 Å². The second kappa shape index (κ2) is 8.44. The van der Waals surface area contributed by atoms with Crippen molar-refractivity contribution >= 4 is 17.5 Å². The second-order valence-corrected chi connectivity index (χ2v) is 6.41. The van der Waals surface area contributed by atoms with Crippen LogP contribution in [0.3, 0.4) is 0 Å².